The number of aromatic nitrogens is 1. The number of nitriles is 1. The molecule has 0 radical (unpaired) electrons. The van der Waals surface area contributed by atoms with Gasteiger partial charge in [-0.25, -0.2) is 4.98 Å². The minimum atomic E-state index is -0.00585. The summed E-state index contributed by atoms with van der Waals surface area (Å²) in [4.78, 5) is 21.9. The lowest BCUT2D eigenvalue weighted by Crippen LogP contribution is -2.43. The highest BCUT2D eigenvalue weighted by atomic mass is 32.1. The van der Waals surface area contributed by atoms with Gasteiger partial charge in [0.1, 0.15) is 5.75 Å². The summed E-state index contributed by atoms with van der Waals surface area (Å²) in [6.07, 6.45) is 1.99. The topological polar surface area (TPSA) is 69.5 Å². The molecular weight excluding hydrogens is 384 g/mol. The van der Waals surface area contributed by atoms with E-state index < -0.39 is 0 Å². The molecule has 6 nitrogen and oxygen atoms in total. The first kappa shape index (κ1) is 21.3. The summed E-state index contributed by atoms with van der Waals surface area (Å²) in [5.41, 5.74) is 1.94. The van der Waals surface area contributed by atoms with Gasteiger partial charge in [0, 0.05) is 30.1 Å². The smallest absolute Gasteiger partial charge is 0.230 e. The van der Waals surface area contributed by atoms with Gasteiger partial charge in [0.15, 0.2) is 0 Å². The summed E-state index contributed by atoms with van der Waals surface area (Å²) in [5.74, 6) is 0.900. The molecular formula is C22H28N4O2S. The normalized spacial score (nSPS) is 15.1. The average Bonchev–Trinajstić information content (AvgIpc) is 3.14. The summed E-state index contributed by atoms with van der Waals surface area (Å²) in [6.45, 7) is 7.62. The number of likely N-dealkylation sites (tertiary alicyclic amines) is 1. The zero-order valence-corrected chi connectivity index (χ0v) is 18.0. The van der Waals surface area contributed by atoms with Crippen molar-refractivity contribution in [2.75, 3.05) is 31.1 Å². The lowest BCUT2D eigenvalue weighted by Gasteiger charge is -2.34. The molecule has 0 saturated carbocycles. The summed E-state index contributed by atoms with van der Waals surface area (Å²) in [5, 5.41) is 12.2. The van der Waals surface area contributed by atoms with E-state index in [1.165, 1.54) is 0 Å². The number of benzene rings is 1. The van der Waals surface area contributed by atoms with E-state index in [4.69, 9.17) is 10.00 Å². The van der Waals surface area contributed by atoms with Gasteiger partial charge in [-0.3, -0.25) is 9.69 Å². The molecule has 154 valence electrons. The summed E-state index contributed by atoms with van der Waals surface area (Å²) in [6, 6.07) is 9.72. The van der Waals surface area contributed by atoms with Gasteiger partial charge in [0.05, 0.1) is 29.8 Å². The molecule has 0 N–H and O–H groups in total. The van der Waals surface area contributed by atoms with Crippen LogP contribution in [0.15, 0.2) is 29.6 Å². The van der Waals surface area contributed by atoms with Crippen molar-refractivity contribution in [2.24, 2.45) is 5.92 Å². The first-order chi connectivity index (χ1) is 14.1. The van der Waals surface area contributed by atoms with Crippen LogP contribution in [0.3, 0.4) is 0 Å². The van der Waals surface area contributed by atoms with Crippen LogP contribution in [0, 0.1) is 24.2 Å². The van der Waals surface area contributed by atoms with E-state index in [0.29, 0.717) is 19.6 Å². The van der Waals surface area contributed by atoms with Crippen LogP contribution in [0.2, 0.25) is 0 Å². The standard InChI is InChI=1S/C22H28N4O2S/c1-3-28-21-7-5-20(6-8-21)26(12-4-11-23)22(27)18-9-13-25(14-10-18)15-19-16-29-17(2)24-19/h5-8,16,18H,3-4,9-10,12-15H2,1-2H3. The number of ether oxygens (including phenoxy) is 1. The second kappa shape index (κ2) is 10.4. The third-order valence-electron chi connectivity index (χ3n) is 5.16. The van der Waals surface area contributed by atoms with Gasteiger partial charge in [0.2, 0.25) is 5.91 Å². The lowest BCUT2D eigenvalue weighted by molar-refractivity contribution is -0.123. The van der Waals surface area contributed by atoms with Crippen LogP contribution in [0.1, 0.15) is 36.9 Å². The number of carbonyl (C=O) groups excluding carboxylic acids is 1. The van der Waals surface area contributed by atoms with Crippen molar-refractivity contribution in [3.8, 4) is 11.8 Å². The fourth-order valence-corrected chi connectivity index (χ4v) is 4.29. The molecule has 2 aromatic rings. The number of piperidine rings is 1. The van der Waals surface area contributed by atoms with Crippen LogP contribution in [-0.2, 0) is 11.3 Å². The van der Waals surface area contributed by atoms with E-state index in [9.17, 15) is 4.79 Å². The maximum absolute atomic E-state index is 13.2. The number of amides is 1. The highest BCUT2D eigenvalue weighted by molar-refractivity contribution is 7.09. The molecule has 1 aliphatic rings. The zero-order chi connectivity index (χ0) is 20.6. The molecule has 2 heterocycles. The Morgan fingerprint density at radius 1 is 1.34 bits per heavy atom. The van der Waals surface area contributed by atoms with Crippen molar-refractivity contribution in [2.45, 2.75) is 39.7 Å². The van der Waals surface area contributed by atoms with Crippen molar-refractivity contribution in [1.29, 1.82) is 5.26 Å². The van der Waals surface area contributed by atoms with Crippen LogP contribution < -0.4 is 9.64 Å². The maximum Gasteiger partial charge on any atom is 0.230 e. The van der Waals surface area contributed by atoms with Crippen LogP contribution in [0.25, 0.3) is 0 Å². The van der Waals surface area contributed by atoms with E-state index in [1.807, 2.05) is 38.1 Å². The van der Waals surface area contributed by atoms with E-state index in [-0.39, 0.29) is 11.8 Å². The molecule has 1 aliphatic heterocycles. The van der Waals surface area contributed by atoms with E-state index in [0.717, 1.165) is 54.6 Å². The highest BCUT2D eigenvalue weighted by Gasteiger charge is 2.29. The van der Waals surface area contributed by atoms with Gasteiger partial charge in [-0.2, -0.15) is 5.26 Å². The van der Waals surface area contributed by atoms with E-state index in [2.05, 4.69) is 21.3 Å². The number of hydrogen-bond acceptors (Lipinski definition) is 6. The predicted octanol–water partition coefficient (Wildman–Crippen LogP) is 4.01. The van der Waals surface area contributed by atoms with Gasteiger partial charge in [-0.15, -0.1) is 11.3 Å². The summed E-state index contributed by atoms with van der Waals surface area (Å²) < 4.78 is 5.49. The molecule has 3 rings (SSSR count). The summed E-state index contributed by atoms with van der Waals surface area (Å²) in [7, 11) is 0. The van der Waals surface area contributed by atoms with Gasteiger partial charge in [0.25, 0.3) is 0 Å². The van der Waals surface area contributed by atoms with Gasteiger partial charge >= 0.3 is 0 Å². The molecule has 1 fully saturated rings. The van der Waals surface area contributed by atoms with Gasteiger partial charge in [-0.1, -0.05) is 0 Å². The molecule has 1 aromatic heterocycles. The first-order valence-electron chi connectivity index (χ1n) is 10.1. The number of thiazole rings is 1. The number of anilines is 1. The number of hydrogen-bond donors (Lipinski definition) is 0. The molecule has 1 amide bonds. The number of nitrogens with zero attached hydrogens (tertiary/aromatic N) is 4. The molecule has 1 saturated heterocycles. The van der Waals surface area contributed by atoms with Crippen LogP contribution in [0.5, 0.6) is 5.75 Å². The Morgan fingerprint density at radius 2 is 2.07 bits per heavy atom. The van der Waals surface area contributed by atoms with Gasteiger partial charge < -0.3 is 9.64 Å². The monoisotopic (exact) mass is 412 g/mol. The quantitative estimate of drug-likeness (QED) is 0.655. The highest BCUT2D eigenvalue weighted by Crippen LogP contribution is 2.26. The molecule has 29 heavy (non-hydrogen) atoms. The van der Waals surface area contributed by atoms with Crippen molar-refractivity contribution in [3.05, 3.63) is 40.3 Å². The number of rotatable bonds is 8. The Bertz CT molecular complexity index is 835. The van der Waals surface area contributed by atoms with Crippen molar-refractivity contribution < 1.29 is 9.53 Å². The molecule has 0 spiro atoms. The second-order valence-electron chi connectivity index (χ2n) is 7.23. The second-order valence-corrected chi connectivity index (χ2v) is 8.30. The average molecular weight is 413 g/mol. The Balaban J connectivity index is 1.61. The fourth-order valence-electron chi connectivity index (χ4n) is 3.69. The van der Waals surface area contributed by atoms with Crippen LogP contribution in [0.4, 0.5) is 5.69 Å². The lowest BCUT2D eigenvalue weighted by atomic mass is 9.94. The molecule has 1 aromatic carbocycles. The van der Waals surface area contributed by atoms with Crippen LogP contribution >= 0.6 is 11.3 Å². The van der Waals surface area contributed by atoms with E-state index in [1.54, 1.807) is 16.2 Å². The van der Waals surface area contributed by atoms with Crippen molar-refractivity contribution in [1.82, 2.24) is 9.88 Å². The maximum atomic E-state index is 13.2. The minimum Gasteiger partial charge on any atom is -0.494 e. The molecule has 0 aliphatic carbocycles. The third-order valence-corrected chi connectivity index (χ3v) is 5.98. The minimum absolute atomic E-state index is 0.00585. The molecule has 7 heteroatoms. The Kier molecular flexibility index (Phi) is 7.62. The first-order valence-corrected chi connectivity index (χ1v) is 11.0. The Labute approximate surface area is 176 Å². The molecule has 0 bridgehead atoms. The zero-order valence-electron chi connectivity index (χ0n) is 17.1. The SMILES string of the molecule is CCOc1ccc(N(CCC#N)C(=O)C2CCN(Cc3csc(C)n3)CC2)cc1. The largest absolute Gasteiger partial charge is 0.494 e. The predicted molar refractivity (Wildman–Crippen MR) is 115 cm³/mol. The number of aryl methyl sites for hydroxylation is 1. The third kappa shape index (κ3) is 5.78. The summed E-state index contributed by atoms with van der Waals surface area (Å²) >= 11 is 1.68. The Hall–Kier alpha value is -2.43. The van der Waals surface area contributed by atoms with E-state index >= 15 is 0 Å². The molecule has 0 unspecified atom stereocenters. The van der Waals surface area contributed by atoms with Gasteiger partial charge in [-0.05, 0) is 64.0 Å². The number of carbonyl (C=O) groups is 1. The van der Waals surface area contributed by atoms with Crippen molar-refractivity contribution in [3.63, 3.8) is 0 Å². The Morgan fingerprint density at radius 3 is 2.66 bits per heavy atom. The molecule has 0 atom stereocenters. The van der Waals surface area contributed by atoms with Crippen molar-refractivity contribution >= 4 is 22.9 Å². The fraction of sp³-hybridized carbons (Fsp3) is 0.500. The van der Waals surface area contributed by atoms with Crippen LogP contribution in [-0.4, -0.2) is 42.0 Å².